The van der Waals surface area contributed by atoms with Gasteiger partial charge in [-0.1, -0.05) is 29.8 Å². The summed E-state index contributed by atoms with van der Waals surface area (Å²) in [7, 11) is 0. The van der Waals surface area contributed by atoms with Crippen LogP contribution in [0.5, 0.6) is 0 Å². The maximum atomic E-state index is 12.4. The van der Waals surface area contributed by atoms with Crippen molar-refractivity contribution in [2.24, 2.45) is 5.73 Å². The van der Waals surface area contributed by atoms with Crippen molar-refractivity contribution >= 4 is 5.97 Å². The van der Waals surface area contributed by atoms with Gasteiger partial charge in [0.1, 0.15) is 5.41 Å². The Kier molecular flexibility index (Phi) is 6.68. The Morgan fingerprint density at radius 3 is 2.60 bits per heavy atom. The van der Waals surface area contributed by atoms with Crippen LogP contribution in [0.25, 0.3) is 0 Å². The standard InChI is InChI=1S/C16H25NO3/c1-4-19-10-9-16(12-17,15(18)20-5-2)14-8-6-7-13(3)11-14/h6-8,11H,4-5,9-10,12,17H2,1-3H3. The molecule has 0 spiro atoms. The number of carbonyl (C=O) groups excluding carboxylic acids is 1. The maximum Gasteiger partial charge on any atom is 0.317 e. The molecule has 0 aromatic heterocycles. The number of ether oxygens (including phenoxy) is 2. The van der Waals surface area contributed by atoms with E-state index in [0.717, 1.165) is 11.1 Å². The fraction of sp³-hybridized carbons (Fsp3) is 0.562. The van der Waals surface area contributed by atoms with Gasteiger partial charge < -0.3 is 15.2 Å². The number of rotatable bonds is 8. The summed E-state index contributed by atoms with van der Waals surface area (Å²) in [4.78, 5) is 12.4. The molecule has 0 radical (unpaired) electrons. The molecule has 112 valence electrons. The largest absolute Gasteiger partial charge is 0.465 e. The van der Waals surface area contributed by atoms with Crippen molar-refractivity contribution in [3.63, 3.8) is 0 Å². The SMILES string of the molecule is CCOCCC(CN)(C(=O)OCC)c1cccc(C)c1. The average molecular weight is 279 g/mol. The molecule has 1 rings (SSSR count). The Labute approximate surface area is 121 Å². The topological polar surface area (TPSA) is 61.5 Å². The first-order valence-electron chi connectivity index (χ1n) is 7.13. The Morgan fingerprint density at radius 2 is 2.05 bits per heavy atom. The van der Waals surface area contributed by atoms with Gasteiger partial charge in [0.05, 0.1) is 6.61 Å². The summed E-state index contributed by atoms with van der Waals surface area (Å²) >= 11 is 0. The van der Waals surface area contributed by atoms with Gasteiger partial charge in [-0.05, 0) is 32.8 Å². The summed E-state index contributed by atoms with van der Waals surface area (Å²) in [5.74, 6) is -0.271. The van der Waals surface area contributed by atoms with Gasteiger partial charge >= 0.3 is 5.97 Å². The predicted octanol–water partition coefficient (Wildman–Crippen LogP) is 2.18. The first-order valence-corrected chi connectivity index (χ1v) is 7.13. The van der Waals surface area contributed by atoms with Crippen LogP contribution >= 0.6 is 0 Å². The third-order valence-electron chi connectivity index (χ3n) is 3.46. The van der Waals surface area contributed by atoms with E-state index < -0.39 is 5.41 Å². The lowest BCUT2D eigenvalue weighted by molar-refractivity contribution is -0.150. The molecule has 20 heavy (non-hydrogen) atoms. The lowest BCUT2D eigenvalue weighted by Gasteiger charge is -2.30. The van der Waals surface area contributed by atoms with Gasteiger partial charge in [0.2, 0.25) is 0 Å². The molecule has 0 aliphatic carbocycles. The van der Waals surface area contributed by atoms with E-state index in [2.05, 4.69) is 0 Å². The summed E-state index contributed by atoms with van der Waals surface area (Å²) in [5.41, 5.74) is 7.12. The van der Waals surface area contributed by atoms with E-state index >= 15 is 0 Å². The number of benzene rings is 1. The molecule has 1 atom stereocenters. The second-order valence-electron chi connectivity index (χ2n) is 4.82. The van der Waals surface area contributed by atoms with Crippen molar-refractivity contribution in [1.82, 2.24) is 0 Å². The zero-order valence-electron chi connectivity index (χ0n) is 12.6. The van der Waals surface area contributed by atoms with Crippen LogP contribution in [0.2, 0.25) is 0 Å². The zero-order chi connectivity index (χ0) is 15.0. The van der Waals surface area contributed by atoms with E-state index in [9.17, 15) is 4.79 Å². The molecule has 1 unspecified atom stereocenters. The smallest absolute Gasteiger partial charge is 0.317 e. The number of esters is 1. The Hall–Kier alpha value is -1.39. The molecule has 0 aliphatic rings. The molecule has 0 bridgehead atoms. The van der Waals surface area contributed by atoms with Crippen molar-refractivity contribution in [3.8, 4) is 0 Å². The molecule has 0 saturated carbocycles. The summed E-state index contributed by atoms with van der Waals surface area (Å²) in [5, 5.41) is 0. The van der Waals surface area contributed by atoms with Gasteiger partial charge in [-0.25, -0.2) is 0 Å². The van der Waals surface area contributed by atoms with E-state index in [1.165, 1.54) is 0 Å². The van der Waals surface area contributed by atoms with Gasteiger partial charge in [0, 0.05) is 19.8 Å². The summed E-state index contributed by atoms with van der Waals surface area (Å²) in [6.45, 7) is 7.40. The van der Waals surface area contributed by atoms with Crippen LogP contribution in [0.3, 0.4) is 0 Å². The molecular formula is C16H25NO3. The highest BCUT2D eigenvalue weighted by molar-refractivity contribution is 5.83. The first kappa shape index (κ1) is 16.7. The molecule has 0 saturated heterocycles. The van der Waals surface area contributed by atoms with Crippen LogP contribution in [0.1, 0.15) is 31.4 Å². The van der Waals surface area contributed by atoms with Crippen LogP contribution in [-0.4, -0.2) is 32.3 Å². The van der Waals surface area contributed by atoms with Gasteiger partial charge in [0.15, 0.2) is 0 Å². The number of carbonyl (C=O) groups is 1. The van der Waals surface area contributed by atoms with Crippen LogP contribution in [0.15, 0.2) is 24.3 Å². The molecule has 1 aromatic carbocycles. The number of aryl methyl sites for hydroxylation is 1. The Balaban J connectivity index is 3.12. The number of hydrogen-bond acceptors (Lipinski definition) is 4. The highest BCUT2D eigenvalue weighted by atomic mass is 16.5. The van der Waals surface area contributed by atoms with E-state index in [4.69, 9.17) is 15.2 Å². The molecule has 0 amide bonds. The van der Waals surface area contributed by atoms with Gasteiger partial charge in [-0.3, -0.25) is 4.79 Å². The monoisotopic (exact) mass is 279 g/mol. The fourth-order valence-corrected chi connectivity index (χ4v) is 2.27. The molecule has 1 aromatic rings. The fourth-order valence-electron chi connectivity index (χ4n) is 2.27. The lowest BCUT2D eigenvalue weighted by Crippen LogP contribution is -2.45. The maximum absolute atomic E-state index is 12.4. The van der Waals surface area contributed by atoms with Crippen molar-refractivity contribution in [1.29, 1.82) is 0 Å². The van der Waals surface area contributed by atoms with Crippen molar-refractivity contribution in [3.05, 3.63) is 35.4 Å². The predicted molar refractivity (Wildman–Crippen MR) is 79.7 cm³/mol. The Morgan fingerprint density at radius 1 is 1.30 bits per heavy atom. The van der Waals surface area contributed by atoms with Crippen molar-refractivity contribution < 1.29 is 14.3 Å². The molecule has 4 heteroatoms. The van der Waals surface area contributed by atoms with Crippen LogP contribution in [-0.2, 0) is 19.7 Å². The minimum Gasteiger partial charge on any atom is -0.465 e. The van der Waals surface area contributed by atoms with Crippen molar-refractivity contribution in [2.75, 3.05) is 26.4 Å². The quantitative estimate of drug-likeness (QED) is 0.585. The molecular weight excluding hydrogens is 254 g/mol. The third-order valence-corrected chi connectivity index (χ3v) is 3.46. The van der Waals surface area contributed by atoms with E-state index in [1.807, 2.05) is 38.1 Å². The highest BCUT2D eigenvalue weighted by Gasteiger charge is 2.40. The molecule has 0 aliphatic heterocycles. The van der Waals surface area contributed by atoms with E-state index in [-0.39, 0.29) is 12.5 Å². The first-order chi connectivity index (χ1) is 9.60. The zero-order valence-corrected chi connectivity index (χ0v) is 12.6. The minimum absolute atomic E-state index is 0.211. The van der Waals surface area contributed by atoms with Gasteiger partial charge in [0.25, 0.3) is 0 Å². The Bertz CT molecular complexity index is 433. The van der Waals surface area contributed by atoms with E-state index in [0.29, 0.717) is 26.2 Å². The van der Waals surface area contributed by atoms with Crippen LogP contribution < -0.4 is 5.73 Å². The highest BCUT2D eigenvalue weighted by Crippen LogP contribution is 2.29. The summed E-state index contributed by atoms with van der Waals surface area (Å²) in [6, 6.07) is 7.87. The normalized spacial score (nSPS) is 13.8. The number of hydrogen-bond donors (Lipinski definition) is 1. The second-order valence-corrected chi connectivity index (χ2v) is 4.82. The van der Waals surface area contributed by atoms with Crippen LogP contribution in [0.4, 0.5) is 0 Å². The molecule has 0 heterocycles. The number of nitrogens with two attached hydrogens (primary N) is 1. The third kappa shape index (κ3) is 3.81. The second kappa shape index (κ2) is 8.02. The van der Waals surface area contributed by atoms with Crippen LogP contribution in [0, 0.1) is 6.92 Å². The van der Waals surface area contributed by atoms with Crippen molar-refractivity contribution in [2.45, 2.75) is 32.6 Å². The minimum atomic E-state index is -0.822. The molecule has 4 nitrogen and oxygen atoms in total. The lowest BCUT2D eigenvalue weighted by atomic mass is 9.77. The summed E-state index contributed by atoms with van der Waals surface area (Å²) in [6.07, 6.45) is 0.527. The van der Waals surface area contributed by atoms with E-state index in [1.54, 1.807) is 6.92 Å². The average Bonchev–Trinajstić information content (AvgIpc) is 2.44. The van der Waals surface area contributed by atoms with Gasteiger partial charge in [-0.15, -0.1) is 0 Å². The summed E-state index contributed by atoms with van der Waals surface area (Å²) < 4.78 is 10.7. The van der Waals surface area contributed by atoms with Gasteiger partial charge in [-0.2, -0.15) is 0 Å². The molecule has 2 N–H and O–H groups in total. The molecule has 0 fully saturated rings.